The van der Waals surface area contributed by atoms with Crippen LogP contribution in [0.5, 0.6) is 0 Å². The van der Waals surface area contributed by atoms with Gasteiger partial charge in [0.05, 0.1) is 24.8 Å². The fourth-order valence-corrected chi connectivity index (χ4v) is 1.42. The molecular formula is C11H11N3O2. The van der Waals surface area contributed by atoms with Crippen molar-refractivity contribution < 1.29 is 9.63 Å². The van der Waals surface area contributed by atoms with Crippen molar-refractivity contribution in [1.29, 1.82) is 5.26 Å². The quantitative estimate of drug-likeness (QED) is 0.779. The molecule has 0 atom stereocenters. The van der Waals surface area contributed by atoms with Crippen molar-refractivity contribution in [2.75, 3.05) is 18.5 Å². The van der Waals surface area contributed by atoms with Crippen molar-refractivity contribution in [3.63, 3.8) is 0 Å². The van der Waals surface area contributed by atoms with Gasteiger partial charge in [-0.05, 0) is 30.7 Å². The predicted molar refractivity (Wildman–Crippen MR) is 57.5 cm³/mol. The van der Waals surface area contributed by atoms with Gasteiger partial charge in [0, 0.05) is 5.69 Å². The third kappa shape index (κ3) is 2.30. The minimum absolute atomic E-state index is 0.276. The molecule has 1 N–H and O–H groups in total. The smallest absolute Gasteiger partial charge is 0.306 e. The van der Waals surface area contributed by atoms with Gasteiger partial charge in [0.25, 0.3) is 0 Å². The van der Waals surface area contributed by atoms with E-state index in [9.17, 15) is 4.79 Å². The molecule has 0 saturated carbocycles. The van der Waals surface area contributed by atoms with E-state index in [4.69, 9.17) is 10.1 Å². The number of rotatable bonds is 1. The van der Waals surface area contributed by atoms with Crippen LogP contribution in [0.25, 0.3) is 0 Å². The van der Waals surface area contributed by atoms with E-state index in [1.165, 1.54) is 5.06 Å². The summed E-state index contributed by atoms with van der Waals surface area (Å²) in [5.74, 6) is 0. The highest BCUT2D eigenvalue weighted by atomic mass is 16.7. The molecule has 0 unspecified atom stereocenters. The van der Waals surface area contributed by atoms with Crippen molar-refractivity contribution in [2.45, 2.75) is 6.42 Å². The molecule has 0 bridgehead atoms. The van der Waals surface area contributed by atoms with Gasteiger partial charge < -0.3 is 5.32 Å². The molecule has 5 nitrogen and oxygen atoms in total. The van der Waals surface area contributed by atoms with E-state index in [0.717, 1.165) is 6.42 Å². The number of hydroxylamine groups is 2. The second-order valence-corrected chi connectivity index (χ2v) is 3.41. The highest BCUT2D eigenvalue weighted by molar-refractivity contribution is 5.88. The van der Waals surface area contributed by atoms with Gasteiger partial charge >= 0.3 is 6.03 Å². The number of anilines is 1. The molecule has 16 heavy (non-hydrogen) atoms. The Balaban J connectivity index is 1.98. The normalized spacial score (nSPS) is 14.6. The van der Waals surface area contributed by atoms with Crippen molar-refractivity contribution in [3.05, 3.63) is 29.8 Å². The van der Waals surface area contributed by atoms with Crippen LogP contribution in [0.2, 0.25) is 0 Å². The molecule has 1 aromatic carbocycles. The number of urea groups is 1. The molecule has 0 radical (unpaired) electrons. The molecule has 5 heteroatoms. The number of carbonyl (C=O) groups is 1. The highest BCUT2D eigenvalue weighted by Gasteiger charge is 2.18. The molecule has 2 rings (SSSR count). The number of benzene rings is 1. The van der Waals surface area contributed by atoms with Crippen LogP contribution in [0.4, 0.5) is 10.5 Å². The zero-order valence-electron chi connectivity index (χ0n) is 8.64. The van der Waals surface area contributed by atoms with Crippen molar-refractivity contribution in [1.82, 2.24) is 5.06 Å². The number of nitriles is 1. The molecule has 0 aliphatic carbocycles. The van der Waals surface area contributed by atoms with Gasteiger partial charge in [0.2, 0.25) is 0 Å². The molecule has 0 spiro atoms. The average molecular weight is 217 g/mol. The van der Waals surface area contributed by atoms with Gasteiger partial charge in [-0.2, -0.15) is 5.26 Å². The van der Waals surface area contributed by atoms with Gasteiger partial charge in [-0.1, -0.05) is 0 Å². The average Bonchev–Trinajstić information content (AvgIpc) is 2.83. The topological polar surface area (TPSA) is 65.4 Å². The first-order valence-corrected chi connectivity index (χ1v) is 5.01. The van der Waals surface area contributed by atoms with E-state index in [1.807, 2.05) is 6.07 Å². The molecule has 1 aromatic rings. The van der Waals surface area contributed by atoms with Crippen LogP contribution in [-0.2, 0) is 4.84 Å². The fourth-order valence-electron chi connectivity index (χ4n) is 1.42. The van der Waals surface area contributed by atoms with Gasteiger partial charge in [0.1, 0.15) is 0 Å². The van der Waals surface area contributed by atoms with Crippen molar-refractivity contribution in [3.8, 4) is 6.07 Å². The van der Waals surface area contributed by atoms with Gasteiger partial charge in [0.15, 0.2) is 0 Å². The first kappa shape index (κ1) is 10.5. The predicted octanol–water partition coefficient (Wildman–Crippen LogP) is 1.73. The van der Waals surface area contributed by atoms with Crippen molar-refractivity contribution in [2.24, 2.45) is 0 Å². The van der Waals surface area contributed by atoms with Crippen LogP contribution in [0, 0.1) is 11.3 Å². The molecule has 1 fully saturated rings. The Hall–Kier alpha value is -2.06. The van der Waals surface area contributed by atoms with Crippen LogP contribution in [0.3, 0.4) is 0 Å². The minimum atomic E-state index is -0.276. The summed E-state index contributed by atoms with van der Waals surface area (Å²) in [6.45, 7) is 1.20. The van der Waals surface area contributed by atoms with E-state index < -0.39 is 0 Å². The number of hydrogen-bond acceptors (Lipinski definition) is 3. The third-order valence-electron chi connectivity index (χ3n) is 2.24. The molecule has 1 aliphatic rings. The molecule has 1 heterocycles. The summed E-state index contributed by atoms with van der Waals surface area (Å²) >= 11 is 0. The summed E-state index contributed by atoms with van der Waals surface area (Å²) in [6, 6.07) is 8.42. The Morgan fingerprint density at radius 1 is 1.44 bits per heavy atom. The summed E-state index contributed by atoms with van der Waals surface area (Å²) in [4.78, 5) is 16.7. The first-order chi connectivity index (χ1) is 7.79. The van der Waals surface area contributed by atoms with Crippen LogP contribution >= 0.6 is 0 Å². The van der Waals surface area contributed by atoms with Gasteiger partial charge in [-0.3, -0.25) is 4.84 Å². The maximum Gasteiger partial charge on any atom is 0.345 e. The zero-order valence-corrected chi connectivity index (χ0v) is 8.64. The summed E-state index contributed by atoms with van der Waals surface area (Å²) in [5, 5.41) is 12.6. The lowest BCUT2D eigenvalue weighted by atomic mass is 10.2. The van der Waals surface area contributed by atoms with E-state index in [2.05, 4.69) is 5.32 Å². The molecule has 2 amide bonds. The Morgan fingerprint density at radius 3 is 2.75 bits per heavy atom. The van der Waals surface area contributed by atoms with E-state index in [0.29, 0.717) is 24.4 Å². The number of nitrogens with one attached hydrogen (secondary N) is 1. The minimum Gasteiger partial charge on any atom is -0.306 e. The monoisotopic (exact) mass is 217 g/mol. The van der Waals surface area contributed by atoms with E-state index in [1.54, 1.807) is 24.3 Å². The fraction of sp³-hybridized carbons (Fsp3) is 0.273. The molecule has 0 aromatic heterocycles. The largest absolute Gasteiger partial charge is 0.345 e. The SMILES string of the molecule is N#Cc1ccc(NC(=O)N2CCCO2)cc1. The van der Waals surface area contributed by atoms with Crippen LogP contribution < -0.4 is 5.32 Å². The summed E-state index contributed by atoms with van der Waals surface area (Å²) in [7, 11) is 0. The standard InChI is InChI=1S/C11H11N3O2/c12-8-9-2-4-10(5-3-9)13-11(15)14-6-1-7-16-14/h2-5H,1,6-7H2,(H,13,15). The summed E-state index contributed by atoms with van der Waals surface area (Å²) in [6.07, 6.45) is 0.862. The van der Waals surface area contributed by atoms with Crippen LogP contribution in [-0.4, -0.2) is 24.2 Å². The second-order valence-electron chi connectivity index (χ2n) is 3.41. The second kappa shape index (κ2) is 4.64. The molecule has 1 aliphatic heterocycles. The highest BCUT2D eigenvalue weighted by Crippen LogP contribution is 2.11. The van der Waals surface area contributed by atoms with Crippen LogP contribution in [0.15, 0.2) is 24.3 Å². The van der Waals surface area contributed by atoms with E-state index >= 15 is 0 Å². The first-order valence-electron chi connectivity index (χ1n) is 5.01. The molecular weight excluding hydrogens is 206 g/mol. The van der Waals surface area contributed by atoms with Gasteiger partial charge in [-0.15, -0.1) is 0 Å². The van der Waals surface area contributed by atoms with Gasteiger partial charge in [-0.25, -0.2) is 9.86 Å². The number of carbonyl (C=O) groups excluding carboxylic acids is 1. The number of nitrogens with zero attached hydrogens (tertiary/aromatic N) is 2. The lowest BCUT2D eigenvalue weighted by Gasteiger charge is -2.14. The van der Waals surface area contributed by atoms with Crippen molar-refractivity contribution >= 4 is 11.7 Å². The number of amides is 2. The lowest BCUT2D eigenvalue weighted by molar-refractivity contribution is -0.0614. The Bertz CT molecular complexity index is 416. The Labute approximate surface area is 93.2 Å². The summed E-state index contributed by atoms with van der Waals surface area (Å²) in [5.41, 5.74) is 1.22. The van der Waals surface area contributed by atoms with E-state index in [-0.39, 0.29) is 6.03 Å². The Kier molecular flexibility index (Phi) is 3.03. The number of hydrogen-bond donors (Lipinski definition) is 1. The lowest BCUT2D eigenvalue weighted by Crippen LogP contribution is -2.31. The molecule has 1 saturated heterocycles. The molecule has 82 valence electrons. The maximum absolute atomic E-state index is 11.6. The Morgan fingerprint density at radius 2 is 2.19 bits per heavy atom. The zero-order chi connectivity index (χ0) is 11.4. The summed E-state index contributed by atoms with van der Waals surface area (Å²) < 4.78 is 0. The van der Waals surface area contributed by atoms with Crippen LogP contribution in [0.1, 0.15) is 12.0 Å². The maximum atomic E-state index is 11.6. The third-order valence-corrected chi connectivity index (χ3v) is 2.24.